The van der Waals surface area contributed by atoms with Crippen LogP contribution in [0, 0.1) is 0 Å². The highest BCUT2D eigenvalue weighted by Crippen LogP contribution is 2.17. The molecular formula is C12H14N2O. The maximum absolute atomic E-state index is 10.1. The average Bonchev–Trinajstić information content (AvgIpc) is 2.68. The lowest BCUT2D eigenvalue weighted by molar-refractivity contribution is -0.107. The number of rotatable bonds is 5. The molecule has 2 N–H and O–H groups in total. The van der Waals surface area contributed by atoms with Crippen molar-refractivity contribution in [3.05, 3.63) is 36.0 Å². The Morgan fingerprint density at radius 3 is 3.07 bits per heavy atom. The molecule has 78 valence electrons. The lowest BCUT2D eigenvalue weighted by Crippen LogP contribution is -2.19. The molecule has 2 aromatic rings. The monoisotopic (exact) mass is 202 g/mol. The third-order valence-electron chi connectivity index (χ3n) is 2.47. The van der Waals surface area contributed by atoms with Crippen LogP contribution in [0.4, 0.5) is 0 Å². The highest BCUT2D eigenvalue weighted by Gasteiger charge is 2.01. The topological polar surface area (TPSA) is 44.9 Å². The van der Waals surface area contributed by atoms with Crippen molar-refractivity contribution in [1.82, 2.24) is 10.3 Å². The van der Waals surface area contributed by atoms with Crippen molar-refractivity contribution in [1.29, 1.82) is 0 Å². The van der Waals surface area contributed by atoms with Gasteiger partial charge in [0.2, 0.25) is 0 Å². The zero-order valence-electron chi connectivity index (χ0n) is 8.49. The highest BCUT2D eigenvalue weighted by molar-refractivity contribution is 5.83. The molecule has 0 amide bonds. The molecule has 0 bridgehead atoms. The summed E-state index contributed by atoms with van der Waals surface area (Å²) in [5.41, 5.74) is 2.46. The van der Waals surface area contributed by atoms with E-state index in [4.69, 9.17) is 0 Å². The standard InChI is InChI=1S/C12H14N2O/c15-8-7-13-6-5-10-9-14-12-4-2-1-3-11(10)12/h1-4,8-9,13-14H,5-7H2. The molecular weight excluding hydrogens is 188 g/mol. The summed E-state index contributed by atoms with van der Waals surface area (Å²) in [4.78, 5) is 13.3. The molecule has 0 unspecified atom stereocenters. The zero-order chi connectivity index (χ0) is 10.5. The molecule has 0 fully saturated rings. The first-order valence-electron chi connectivity index (χ1n) is 5.11. The van der Waals surface area contributed by atoms with Crippen LogP contribution in [0.25, 0.3) is 10.9 Å². The number of carbonyl (C=O) groups is 1. The van der Waals surface area contributed by atoms with E-state index in [1.165, 1.54) is 16.5 Å². The van der Waals surface area contributed by atoms with E-state index in [0.717, 1.165) is 19.3 Å². The van der Waals surface area contributed by atoms with Gasteiger partial charge >= 0.3 is 0 Å². The number of aromatic amines is 1. The summed E-state index contributed by atoms with van der Waals surface area (Å²) in [5, 5.41) is 4.32. The van der Waals surface area contributed by atoms with Crippen molar-refractivity contribution in [2.45, 2.75) is 6.42 Å². The number of aldehydes is 1. The predicted molar refractivity (Wildman–Crippen MR) is 60.9 cm³/mol. The Kier molecular flexibility index (Phi) is 3.15. The minimum atomic E-state index is 0.433. The van der Waals surface area contributed by atoms with Crippen LogP contribution in [-0.4, -0.2) is 24.4 Å². The van der Waals surface area contributed by atoms with Gasteiger partial charge in [-0.1, -0.05) is 18.2 Å². The number of benzene rings is 1. The quantitative estimate of drug-likeness (QED) is 0.570. The van der Waals surface area contributed by atoms with Gasteiger partial charge in [-0.05, 0) is 24.6 Å². The van der Waals surface area contributed by atoms with Gasteiger partial charge < -0.3 is 15.1 Å². The number of nitrogens with one attached hydrogen (secondary N) is 2. The van der Waals surface area contributed by atoms with Crippen LogP contribution in [0.1, 0.15) is 5.56 Å². The van der Waals surface area contributed by atoms with E-state index >= 15 is 0 Å². The first-order chi connectivity index (χ1) is 7.42. The number of para-hydroxylation sites is 1. The Bertz CT molecular complexity index is 448. The molecule has 0 saturated carbocycles. The number of hydrogen-bond donors (Lipinski definition) is 2. The zero-order valence-corrected chi connectivity index (χ0v) is 8.49. The minimum Gasteiger partial charge on any atom is -0.361 e. The molecule has 0 saturated heterocycles. The SMILES string of the molecule is O=CCNCCc1c[nH]c2ccccc12. The van der Waals surface area contributed by atoms with Crippen molar-refractivity contribution in [3.8, 4) is 0 Å². The van der Waals surface area contributed by atoms with Gasteiger partial charge in [0.05, 0.1) is 6.54 Å². The Balaban J connectivity index is 2.05. The molecule has 2 rings (SSSR count). The second kappa shape index (κ2) is 4.75. The van der Waals surface area contributed by atoms with Crippen molar-refractivity contribution in [2.24, 2.45) is 0 Å². The van der Waals surface area contributed by atoms with Crippen LogP contribution >= 0.6 is 0 Å². The summed E-state index contributed by atoms with van der Waals surface area (Å²) < 4.78 is 0. The smallest absolute Gasteiger partial charge is 0.133 e. The molecule has 3 heteroatoms. The van der Waals surface area contributed by atoms with Gasteiger partial charge in [0, 0.05) is 17.1 Å². The van der Waals surface area contributed by atoms with E-state index < -0.39 is 0 Å². The number of hydrogen-bond acceptors (Lipinski definition) is 2. The first-order valence-corrected chi connectivity index (χ1v) is 5.11. The fraction of sp³-hybridized carbons (Fsp3) is 0.250. The molecule has 15 heavy (non-hydrogen) atoms. The van der Waals surface area contributed by atoms with E-state index in [1.54, 1.807) is 0 Å². The third kappa shape index (κ3) is 2.25. The van der Waals surface area contributed by atoms with E-state index in [9.17, 15) is 4.79 Å². The van der Waals surface area contributed by atoms with Crippen LogP contribution in [0.15, 0.2) is 30.5 Å². The average molecular weight is 202 g/mol. The largest absolute Gasteiger partial charge is 0.361 e. The fourth-order valence-electron chi connectivity index (χ4n) is 1.72. The van der Waals surface area contributed by atoms with Crippen LogP contribution < -0.4 is 5.32 Å². The fourth-order valence-corrected chi connectivity index (χ4v) is 1.72. The summed E-state index contributed by atoms with van der Waals surface area (Å²) in [6.07, 6.45) is 3.86. The van der Waals surface area contributed by atoms with Gasteiger partial charge in [0.1, 0.15) is 6.29 Å². The van der Waals surface area contributed by atoms with E-state index in [1.807, 2.05) is 18.3 Å². The number of H-pyrrole nitrogens is 1. The van der Waals surface area contributed by atoms with Crippen molar-refractivity contribution in [3.63, 3.8) is 0 Å². The van der Waals surface area contributed by atoms with Gasteiger partial charge in [-0.25, -0.2) is 0 Å². The molecule has 0 radical (unpaired) electrons. The van der Waals surface area contributed by atoms with Gasteiger partial charge in [-0.2, -0.15) is 0 Å². The Morgan fingerprint density at radius 2 is 2.20 bits per heavy atom. The lowest BCUT2D eigenvalue weighted by atomic mass is 10.1. The lowest BCUT2D eigenvalue weighted by Gasteiger charge is -1.99. The maximum atomic E-state index is 10.1. The highest BCUT2D eigenvalue weighted by atomic mass is 16.1. The molecule has 1 aromatic heterocycles. The van der Waals surface area contributed by atoms with E-state index in [-0.39, 0.29) is 0 Å². The summed E-state index contributed by atoms with van der Waals surface area (Å²) in [5.74, 6) is 0. The van der Waals surface area contributed by atoms with Crippen molar-refractivity contribution >= 4 is 17.2 Å². The van der Waals surface area contributed by atoms with Crippen LogP contribution in [0.3, 0.4) is 0 Å². The Morgan fingerprint density at radius 1 is 1.33 bits per heavy atom. The summed E-state index contributed by atoms with van der Waals surface area (Å²) in [7, 11) is 0. The van der Waals surface area contributed by atoms with Gasteiger partial charge in [0.25, 0.3) is 0 Å². The number of fused-ring (bicyclic) bond motifs is 1. The molecule has 3 nitrogen and oxygen atoms in total. The van der Waals surface area contributed by atoms with Crippen LogP contribution in [0.5, 0.6) is 0 Å². The molecule has 0 atom stereocenters. The maximum Gasteiger partial charge on any atom is 0.133 e. The first kappa shape index (κ1) is 9.93. The second-order valence-electron chi connectivity index (χ2n) is 3.48. The molecule has 1 aromatic carbocycles. The van der Waals surface area contributed by atoms with Gasteiger partial charge in [-0.3, -0.25) is 0 Å². The molecule has 0 aliphatic heterocycles. The Hall–Kier alpha value is -1.61. The minimum absolute atomic E-state index is 0.433. The second-order valence-corrected chi connectivity index (χ2v) is 3.48. The number of aromatic nitrogens is 1. The van der Waals surface area contributed by atoms with Crippen molar-refractivity contribution in [2.75, 3.05) is 13.1 Å². The normalized spacial score (nSPS) is 10.7. The molecule has 0 spiro atoms. The van der Waals surface area contributed by atoms with Gasteiger partial charge in [-0.15, -0.1) is 0 Å². The predicted octanol–water partition coefficient (Wildman–Crippen LogP) is 1.50. The molecule has 0 aliphatic carbocycles. The third-order valence-corrected chi connectivity index (χ3v) is 2.47. The summed E-state index contributed by atoms with van der Waals surface area (Å²) in [6, 6.07) is 8.24. The Labute approximate surface area is 88.5 Å². The number of carbonyl (C=O) groups excluding carboxylic acids is 1. The molecule has 0 aliphatic rings. The van der Waals surface area contributed by atoms with Crippen LogP contribution in [0.2, 0.25) is 0 Å². The van der Waals surface area contributed by atoms with Crippen LogP contribution in [-0.2, 0) is 11.2 Å². The molecule has 1 heterocycles. The van der Waals surface area contributed by atoms with E-state index in [2.05, 4.69) is 22.4 Å². The summed E-state index contributed by atoms with van der Waals surface area (Å²) in [6.45, 7) is 1.27. The van der Waals surface area contributed by atoms with Gasteiger partial charge in [0.15, 0.2) is 0 Å². The van der Waals surface area contributed by atoms with Crippen molar-refractivity contribution < 1.29 is 4.79 Å². The van der Waals surface area contributed by atoms with E-state index in [0.29, 0.717) is 6.54 Å². The summed E-state index contributed by atoms with van der Waals surface area (Å²) >= 11 is 0.